The summed E-state index contributed by atoms with van der Waals surface area (Å²) in [5, 5.41) is 8.99. The predicted octanol–water partition coefficient (Wildman–Crippen LogP) is 3.62. The molecule has 0 amide bonds. The second-order valence-electron chi connectivity index (χ2n) is 5.42. The van der Waals surface area contributed by atoms with Crippen LogP contribution < -0.4 is 4.74 Å². The molecule has 1 aromatic heterocycles. The molecule has 23 heavy (non-hydrogen) atoms. The summed E-state index contributed by atoms with van der Waals surface area (Å²) < 4.78 is 33.8. The standard InChI is InChI=1S/C17H15F2N3O/c18-15-8-13(23-17-12(10-20)4-3-5-21-17)9-16(19)14(15)11-22-6-1-2-7-22/h3-5,8-9H,1-2,6-7,11H2. The third kappa shape index (κ3) is 3.46. The van der Waals surface area contributed by atoms with Crippen LogP contribution in [0.1, 0.15) is 24.0 Å². The molecule has 3 rings (SSSR count). The molecule has 1 fully saturated rings. The summed E-state index contributed by atoms with van der Waals surface area (Å²) >= 11 is 0. The van der Waals surface area contributed by atoms with Gasteiger partial charge in [0.05, 0.1) is 0 Å². The van der Waals surface area contributed by atoms with Crippen molar-refractivity contribution in [1.82, 2.24) is 9.88 Å². The molecule has 118 valence electrons. The highest BCUT2D eigenvalue weighted by Crippen LogP contribution is 2.27. The molecule has 0 aliphatic carbocycles. The van der Waals surface area contributed by atoms with E-state index in [1.165, 1.54) is 12.3 Å². The Labute approximate surface area is 132 Å². The molecule has 0 bridgehead atoms. The molecule has 0 radical (unpaired) electrons. The van der Waals surface area contributed by atoms with Crippen LogP contribution in [0.25, 0.3) is 0 Å². The summed E-state index contributed by atoms with van der Waals surface area (Å²) in [5.74, 6) is -1.29. The van der Waals surface area contributed by atoms with Gasteiger partial charge in [0.1, 0.15) is 29.0 Å². The van der Waals surface area contributed by atoms with Crippen molar-refractivity contribution in [2.24, 2.45) is 0 Å². The second kappa shape index (κ2) is 6.71. The molecule has 2 aromatic rings. The van der Waals surface area contributed by atoms with Crippen molar-refractivity contribution in [2.75, 3.05) is 13.1 Å². The summed E-state index contributed by atoms with van der Waals surface area (Å²) in [6.07, 6.45) is 3.56. The molecular weight excluding hydrogens is 300 g/mol. The van der Waals surface area contributed by atoms with Gasteiger partial charge in [0.2, 0.25) is 5.88 Å². The van der Waals surface area contributed by atoms with E-state index in [2.05, 4.69) is 4.98 Å². The Bertz CT molecular complexity index is 729. The van der Waals surface area contributed by atoms with Gasteiger partial charge in [-0.15, -0.1) is 0 Å². The lowest BCUT2D eigenvalue weighted by atomic mass is 10.1. The summed E-state index contributed by atoms with van der Waals surface area (Å²) in [6, 6.07) is 7.30. The zero-order chi connectivity index (χ0) is 16.2. The molecule has 0 atom stereocenters. The van der Waals surface area contributed by atoms with Crippen molar-refractivity contribution in [3.05, 3.63) is 53.2 Å². The number of nitriles is 1. The Kier molecular flexibility index (Phi) is 4.49. The maximum atomic E-state index is 14.2. The number of hydrogen-bond donors (Lipinski definition) is 0. The first-order valence-electron chi connectivity index (χ1n) is 7.40. The van der Waals surface area contributed by atoms with Gasteiger partial charge in [-0.25, -0.2) is 13.8 Å². The minimum absolute atomic E-state index is 0.0135. The van der Waals surface area contributed by atoms with E-state index in [-0.39, 0.29) is 29.3 Å². The zero-order valence-electron chi connectivity index (χ0n) is 12.4. The van der Waals surface area contributed by atoms with Gasteiger partial charge in [0, 0.05) is 30.4 Å². The Morgan fingerprint density at radius 3 is 2.57 bits per heavy atom. The van der Waals surface area contributed by atoms with Gasteiger partial charge in [-0.2, -0.15) is 5.26 Å². The number of aromatic nitrogens is 1. The third-order valence-electron chi connectivity index (χ3n) is 3.80. The largest absolute Gasteiger partial charge is 0.437 e. The van der Waals surface area contributed by atoms with E-state index in [4.69, 9.17) is 10.00 Å². The second-order valence-corrected chi connectivity index (χ2v) is 5.42. The van der Waals surface area contributed by atoms with Crippen molar-refractivity contribution >= 4 is 0 Å². The fourth-order valence-corrected chi connectivity index (χ4v) is 2.62. The highest BCUT2D eigenvalue weighted by Gasteiger charge is 2.19. The number of nitrogens with zero attached hydrogens (tertiary/aromatic N) is 3. The monoisotopic (exact) mass is 315 g/mol. The van der Waals surface area contributed by atoms with Crippen molar-refractivity contribution in [3.63, 3.8) is 0 Å². The quantitative estimate of drug-likeness (QED) is 0.864. The Morgan fingerprint density at radius 1 is 1.22 bits per heavy atom. The molecule has 4 nitrogen and oxygen atoms in total. The minimum Gasteiger partial charge on any atom is -0.437 e. The van der Waals surface area contributed by atoms with E-state index >= 15 is 0 Å². The molecule has 1 aliphatic heterocycles. The van der Waals surface area contributed by atoms with Crippen LogP contribution in [0.5, 0.6) is 11.6 Å². The summed E-state index contributed by atoms with van der Waals surface area (Å²) in [5.41, 5.74) is 0.246. The average Bonchev–Trinajstić information content (AvgIpc) is 3.05. The molecule has 0 saturated carbocycles. The number of pyridine rings is 1. The van der Waals surface area contributed by atoms with Gasteiger partial charge >= 0.3 is 0 Å². The first-order chi connectivity index (χ1) is 11.2. The van der Waals surface area contributed by atoms with E-state index in [9.17, 15) is 8.78 Å². The first-order valence-corrected chi connectivity index (χ1v) is 7.40. The summed E-state index contributed by atoms with van der Waals surface area (Å²) in [7, 11) is 0. The predicted molar refractivity (Wildman–Crippen MR) is 79.9 cm³/mol. The van der Waals surface area contributed by atoms with Crippen molar-refractivity contribution in [3.8, 4) is 17.7 Å². The van der Waals surface area contributed by atoms with Gasteiger partial charge in [-0.1, -0.05) is 0 Å². The number of hydrogen-bond acceptors (Lipinski definition) is 4. The number of halogens is 2. The molecule has 1 saturated heterocycles. The first kappa shape index (κ1) is 15.4. The van der Waals surface area contributed by atoms with Crippen LogP contribution >= 0.6 is 0 Å². The van der Waals surface area contributed by atoms with Gasteiger partial charge in [-0.05, 0) is 38.1 Å². The molecular formula is C17H15F2N3O. The maximum Gasteiger partial charge on any atom is 0.237 e. The Morgan fingerprint density at radius 2 is 1.91 bits per heavy atom. The SMILES string of the molecule is N#Cc1cccnc1Oc1cc(F)c(CN2CCCC2)c(F)c1. The number of rotatable bonds is 4. The van der Waals surface area contributed by atoms with Gasteiger partial charge in [0.15, 0.2) is 0 Å². The van der Waals surface area contributed by atoms with Gasteiger partial charge in [0.25, 0.3) is 0 Å². The Balaban J connectivity index is 1.83. The minimum atomic E-state index is -0.652. The smallest absolute Gasteiger partial charge is 0.237 e. The fraction of sp³-hybridized carbons (Fsp3) is 0.294. The molecule has 1 aromatic carbocycles. The highest BCUT2D eigenvalue weighted by atomic mass is 19.1. The highest BCUT2D eigenvalue weighted by molar-refractivity contribution is 5.41. The van der Waals surface area contributed by atoms with Gasteiger partial charge in [-0.3, -0.25) is 4.90 Å². The lowest BCUT2D eigenvalue weighted by Gasteiger charge is -2.16. The number of benzene rings is 1. The van der Waals surface area contributed by atoms with Crippen LogP contribution in [0, 0.1) is 23.0 Å². The van der Waals surface area contributed by atoms with Crippen LogP contribution in [0.4, 0.5) is 8.78 Å². The molecule has 0 N–H and O–H groups in total. The van der Waals surface area contributed by atoms with Crippen LogP contribution in [0.3, 0.4) is 0 Å². The summed E-state index contributed by atoms with van der Waals surface area (Å²) in [6.45, 7) is 1.97. The lowest BCUT2D eigenvalue weighted by molar-refractivity contribution is 0.317. The van der Waals surface area contributed by atoms with Crippen molar-refractivity contribution in [2.45, 2.75) is 19.4 Å². The third-order valence-corrected chi connectivity index (χ3v) is 3.80. The van der Waals surface area contributed by atoms with Crippen molar-refractivity contribution < 1.29 is 13.5 Å². The van der Waals surface area contributed by atoms with Crippen LogP contribution in [0.2, 0.25) is 0 Å². The molecule has 0 unspecified atom stereocenters. The van der Waals surface area contributed by atoms with Crippen LogP contribution in [-0.2, 0) is 6.54 Å². The molecule has 1 aliphatic rings. The van der Waals surface area contributed by atoms with E-state index < -0.39 is 11.6 Å². The summed E-state index contributed by atoms with van der Waals surface area (Å²) in [4.78, 5) is 5.93. The fourth-order valence-electron chi connectivity index (χ4n) is 2.62. The van der Waals surface area contributed by atoms with E-state index in [0.29, 0.717) is 0 Å². The maximum absolute atomic E-state index is 14.2. The van der Waals surface area contributed by atoms with E-state index in [1.54, 1.807) is 6.07 Å². The number of ether oxygens (including phenoxy) is 1. The zero-order valence-corrected chi connectivity index (χ0v) is 12.4. The van der Waals surface area contributed by atoms with Crippen LogP contribution in [-0.4, -0.2) is 23.0 Å². The lowest BCUT2D eigenvalue weighted by Crippen LogP contribution is -2.20. The van der Waals surface area contributed by atoms with E-state index in [1.807, 2.05) is 11.0 Å². The van der Waals surface area contributed by atoms with E-state index in [0.717, 1.165) is 38.1 Å². The average molecular weight is 315 g/mol. The topological polar surface area (TPSA) is 49.1 Å². The van der Waals surface area contributed by atoms with Gasteiger partial charge < -0.3 is 4.74 Å². The molecule has 0 spiro atoms. The molecule has 2 heterocycles. The number of likely N-dealkylation sites (tertiary alicyclic amines) is 1. The van der Waals surface area contributed by atoms with Crippen molar-refractivity contribution in [1.29, 1.82) is 5.26 Å². The Hall–Kier alpha value is -2.52. The normalized spacial score (nSPS) is 14.7. The van der Waals surface area contributed by atoms with Crippen LogP contribution in [0.15, 0.2) is 30.5 Å². The molecule has 6 heteroatoms.